The second-order valence-electron chi connectivity index (χ2n) is 3.85. The van der Waals surface area contributed by atoms with Gasteiger partial charge in [-0.1, -0.05) is 28.9 Å². The molecule has 0 aliphatic rings. The summed E-state index contributed by atoms with van der Waals surface area (Å²) < 4.78 is 1.13. The minimum atomic E-state index is 0.370. The minimum Gasteiger partial charge on any atom is -0.310 e. The zero-order valence-corrected chi connectivity index (χ0v) is 11.5. The van der Waals surface area contributed by atoms with Gasteiger partial charge >= 0.3 is 0 Å². The minimum absolute atomic E-state index is 0.370. The van der Waals surface area contributed by atoms with Crippen molar-refractivity contribution >= 4 is 15.9 Å². The lowest BCUT2D eigenvalue weighted by Crippen LogP contribution is -2.21. The summed E-state index contributed by atoms with van der Waals surface area (Å²) in [6, 6.07) is 6.77. The number of aryl methyl sites for hydroxylation is 1. The second-order valence-corrected chi connectivity index (χ2v) is 4.77. The van der Waals surface area contributed by atoms with Gasteiger partial charge in [0.2, 0.25) is 0 Å². The van der Waals surface area contributed by atoms with Crippen LogP contribution in [0.1, 0.15) is 36.9 Å². The van der Waals surface area contributed by atoms with E-state index in [0.29, 0.717) is 6.04 Å². The van der Waals surface area contributed by atoms with Gasteiger partial charge in [-0.05, 0) is 43.1 Å². The Bertz CT molecular complexity index is 379. The first kappa shape index (κ1) is 13.3. The van der Waals surface area contributed by atoms with Gasteiger partial charge in [-0.3, -0.25) is 0 Å². The summed E-state index contributed by atoms with van der Waals surface area (Å²) in [4.78, 5) is 0. The molecule has 0 heterocycles. The molecule has 0 bridgehead atoms. The van der Waals surface area contributed by atoms with E-state index < -0.39 is 0 Å². The number of nitrogens with one attached hydrogen (secondary N) is 1. The van der Waals surface area contributed by atoms with Crippen molar-refractivity contribution in [1.29, 1.82) is 0 Å². The molecule has 0 fully saturated rings. The Morgan fingerprint density at radius 1 is 1.50 bits per heavy atom. The normalized spacial score (nSPS) is 12.1. The predicted octanol–water partition coefficient (Wildman–Crippen LogP) is 3.82. The molecule has 1 rings (SSSR count). The van der Waals surface area contributed by atoms with Crippen LogP contribution < -0.4 is 5.32 Å². The molecule has 0 saturated carbocycles. The number of rotatable bonds is 5. The highest BCUT2D eigenvalue weighted by Gasteiger charge is 2.11. The van der Waals surface area contributed by atoms with Crippen LogP contribution in [0.3, 0.4) is 0 Å². The smallest absolute Gasteiger partial charge is 0.0331 e. The maximum atomic E-state index is 5.33. The molecule has 0 radical (unpaired) electrons. The van der Waals surface area contributed by atoms with Crippen molar-refractivity contribution in [3.63, 3.8) is 0 Å². The van der Waals surface area contributed by atoms with Crippen LogP contribution >= 0.6 is 15.9 Å². The van der Waals surface area contributed by atoms with E-state index in [0.717, 1.165) is 23.9 Å². The molecule has 1 aromatic carbocycles. The molecule has 86 valence electrons. The molecule has 0 aliphatic heterocycles. The Morgan fingerprint density at radius 3 is 2.81 bits per heavy atom. The molecule has 0 amide bonds. The van der Waals surface area contributed by atoms with E-state index in [-0.39, 0.29) is 0 Å². The van der Waals surface area contributed by atoms with E-state index >= 15 is 0 Å². The van der Waals surface area contributed by atoms with E-state index in [1.165, 1.54) is 11.1 Å². The third-order valence-electron chi connectivity index (χ3n) is 2.64. The van der Waals surface area contributed by atoms with Gasteiger partial charge in [0, 0.05) is 16.9 Å². The van der Waals surface area contributed by atoms with Crippen molar-refractivity contribution in [2.75, 3.05) is 6.54 Å². The Hall–Kier alpha value is -0.780. The molecule has 2 heteroatoms. The Morgan fingerprint density at radius 2 is 2.25 bits per heavy atom. The van der Waals surface area contributed by atoms with Crippen molar-refractivity contribution in [2.24, 2.45) is 0 Å². The highest BCUT2D eigenvalue weighted by molar-refractivity contribution is 9.10. The highest BCUT2D eigenvalue weighted by atomic mass is 79.9. The zero-order chi connectivity index (χ0) is 12.0. The third kappa shape index (κ3) is 3.66. The Kier molecular flexibility index (Phi) is 5.59. The topological polar surface area (TPSA) is 12.0 Å². The molecule has 1 atom stereocenters. The molecule has 0 saturated heterocycles. The number of hydrogen-bond donors (Lipinski definition) is 1. The van der Waals surface area contributed by atoms with Crippen LogP contribution in [0.25, 0.3) is 0 Å². The summed E-state index contributed by atoms with van der Waals surface area (Å²) in [5.74, 6) is 2.71. The molecule has 0 spiro atoms. The van der Waals surface area contributed by atoms with Crippen molar-refractivity contribution in [1.82, 2.24) is 5.32 Å². The largest absolute Gasteiger partial charge is 0.310 e. The molecular weight excluding hydrogens is 262 g/mol. The van der Waals surface area contributed by atoms with Crippen molar-refractivity contribution in [3.05, 3.63) is 33.8 Å². The zero-order valence-electron chi connectivity index (χ0n) is 9.89. The average molecular weight is 280 g/mol. The van der Waals surface area contributed by atoms with Gasteiger partial charge < -0.3 is 5.32 Å². The molecule has 0 aliphatic carbocycles. The molecular formula is C14H18BrN. The maximum Gasteiger partial charge on any atom is 0.0331 e. The number of terminal acetylenes is 1. The summed E-state index contributed by atoms with van der Waals surface area (Å²) in [5.41, 5.74) is 2.65. The molecule has 1 unspecified atom stereocenters. The fourth-order valence-electron chi connectivity index (χ4n) is 1.87. The van der Waals surface area contributed by atoms with Crippen LogP contribution in [-0.4, -0.2) is 6.54 Å². The quantitative estimate of drug-likeness (QED) is 0.808. The van der Waals surface area contributed by atoms with E-state index in [1.807, 2.05) is 0 Å². The summed E-state index contributed by atoms with van der Waals surface area (Å²) >= 11 is 3.48. The van der Waals surface area contributed by atoms with E-state index in [1.54, 1.807) is 0 Å². The monoisotopic (exact) mass is 279 g/mol. The first-order valence-electron chi connectivity index (χ1n) is 5.62. The molecule has 1 aromatic rings. The molecule has 1 nitrogen and oxygen atoms in total. The first-order chi connectivity index (χ1) is 7.69. The van der Waals surface area contributed by atoms with Gasteiger partial charge in [-0.15, -0.1) is 12.3 Å². The van der Waals surface area contributed by atoms with Gasteiger partial charge in [0.25, 0.3) is 0 Å². The molecule has 0 aromatic heterocycles. The SMILES string of the molecule is C#CCCC(NCC)c1ccc(Br)cc1C. The van der Waals surface area contributed by atoms with Gasteiger partial charge in [-0.25, -0.2) is 0 Å². The Balaban J connectivity index is 2.87. The second kappa shape index (κ2) is 6.73. The maximum absolute atomic E-state index is 5.33. The lowest BCUT2D eigenvalue weighted by Gasteiger charge is -2.19. The summed E-state index contributed by atoms with van der Waals surface area (Å²) in [5, 5.41) is 3.48. The average Bonchev–Trinajstić information content (AvgIpc) is 2.25. The van der Waals surface area contributed by atoms with Crippen molar-refractivity contribution < 1.29 is 0 Å². The van der Waals surface area contributed by atoms with Gasteiger partial charge in [0.1, 0.15) is 0 Å². The first-order valence-corrected chi connectivity index (χ1v) is 6.41. The third-order valence-corrected chi connectivity index (χ3v) is 3.13. The van der Waals surface area contributed by atoms with Crippen molar-refractivity contribution in [3.8, 4) is 12.3 Å². The van der Waals surface area contributed by atoms with Gasteiger partial charge in [0.15, 0.2) is 0 Å². The van der Waals surface area contributed by atoms with E-state index in [4.69, 9.17) is 6.42 Å². The predicted molar refractivity (Wildman–Crippen MR) is 73.4 cm³/mol. The summed E-state index contributed by atoms with van der Waals surface area (Å²) in [7, 11) is 0. The van der Waals surface area contributed by atoms with Crippen LogP contribution in [0.2, 0.25) is 0 Å². The van der Waals surface area contributed by atoms with Gasteiger partial charge in [0.05, 0.1) is 0 Å². The van der Waals surface area contributed by atoms with Crippen LogP contribution in [0.5, 0.6) is 0 Å². The van der Waals surface area contributed by atoms with Crippen molar-refractivity contribution in [2.45, 2.75) is 32.7 Å². The van der Waals surface area contributed by atoms with E-state index in [9.17, 15) is 0 Å². The molecule has 1 N–H and O–H groups in total. The van der Waals surface area contributed by atoms with Gasteiger partial charge in [-0.2, -0.15) is 0 Å². The van der Waals surface area contributed by atoms with Crippen LogP contribution in [0.4, 0.5) is 0 Å². The van der Waals surface area contributed by atoms with Crippen LogP contribution in [0, 0.1) is 19.3 Å². The highest BCUT2D eigenvalue weighted by Crippen LogP contribution is 2.24. The lowest BCUT2D eigenvalue weighted by atomic mass is 9.97. The number of hydrogen-bond acceptors (Lipinski definition) is 1. The molecule has 16 heavy (non-hydrogen) atoms. The van der Waals surface area contributed by atoms with Crippen LogP contribution in [-0.2, 0) is 0 Å². The fraction of sp³-hybridized carbons (Fsp3) is 0.429. The standard InChI is InChI=1S/C14H18BrN/c1-4-6-7-14(16-5-2)13-9-8-12(15)10-11(13)3/h1,8-10,14,16H,5-7H2,2-3H3. The number of benzene rings is 1. The summed E-state index contributed by atoms with van der Waals surface area (Å²) in [6.07, 6.45) is 7.13. The van der Waals surface area contributed by atoms with Crippen LogP contribution in [0.15, 0.2) is 22.7 Å². The lowest BCUT2D eigenvalue weighted by molar-refractivity contribution is 0.520. The fourth-order valence-corrected chi connectivity index (χ4v) is 2.35. The Labute approximate surface area is 107 Å². The summed E-state index contributed by atoms with van der Waals surface area (Å²) in [6.45, 7) is 5.22. The number of halogens is 1. The van der Waals surface area contributed by atoms with E-state index in [2.05, 4.69) is 59.2 Å².